The molecule has 0 fully saturated rings. The number of fused-ring (bicyclic) bond motifs is 1. The zero-order valence-corrected chi connectivity index (χ0v) is 19.0. The molecule has 0 saturated carbocycles. The van der Waals surface area contributed by atoms with Crippen molar-refractivity contribution in [2.24, 2.45) is 5.92 Å². The number of nitrogens with zero attached hydrogens (tertiary/aromatic N) is 2. The van der Waals surface area contributed by atoms with Gasteiger partial charge < -0.3 is 14.5 Å². The number of carbonyl (C=O) groups is 2. The smallest absolute Gasteiger partial charge is 0.341 e. The van der Waals surface area contributed by atoms with Crippen molar-refractivity contribution in [1.29, 1.82) is 0 Å². The molecule has 0 spiro atoms. The number of rotatable bonds is 7. The van der Waals surface area contributed by atoms with E-state index in [2.05, 4.69) is 22.4 Å². The third-order valence-electron chi connectivity index (χ3n) is 5.00. The van der Waals surface area contributed by atoms with Crippen LogP contribution in [0.3, 0.4) is 0 Å². The summed E-state index contributed by atoms with van der Waals surface area (Å²) in [6, 6.07) is 9.45. The third-order valence-corrected chi connectivity index (χ3v) is 6.99. The van der Waals surface area contributed by atoms with Crippen LogP contribution in [0.25, 0.3) is 11.5 Å². The number of amides is 1. The molecule has 4 rings (SSSR count). The van der Waals surface area contributed by atoms with Crippen molar-refractivity contribution in [3.8, 4) is 11.5 Å². The number of carbonyl (C=O) groups excluding carboxylic acids is 2. The number of thioether (sulfide) groups is 1. The standard InChI is InChI=1S/C22H23N3O4S2/c1-3-28-21(27)18-15-10-9-13(2)11-16(15)31-20(18)23-17(26)12-30-22-25-24-19(29-22)14-7-5-4-6-8-14/h4-8,13H,3,9-12H2,1-2H3,(H,23,26)/t13-/m0/s1. The summed E-state index contributed by atoms with van der Waals surface area (Å²) in [5.41, 5.74) is 2.36. The monoisotopic (exact) mass is 457 g/mol. The van der Waals surface area contributed by atoms with Crippen molar-refractivity contribution in [2.75, 3.05) is 17.7 Å². The van der Waals surface area contributed by atoms with E-state index in [4.69, 9.17) is 9.15 Å². The van der Waals surface area contributed by atoms with Crippen molar-refractivity contribution in [1.82, 2.24) is 10.2 Å². The highest BCUT2D eigenvalue weighted by Crippen LogP contribution is 2.40. The normalized spacial score (nSPS) is 15.4. The molecule has 0 saturated heterocycles. The number of ether oxygens (including phenoxy) is 1. The lowest BCUT2D eigenvalue weighted by Gasteiger charge is -2.18. The van der Waals surface area contributed by atoms with Crippen molar-refractivity contribution in [3.63, 3.8) is 0 Å². The zero-order valence-electron chi connectivity index (χ0n) is 17.3. The average Bonchev–Trinajstić information content (AvgIpc) is 3.37. The van der Waals surface area contributed by atoms with Gasteiger partial charge in [-0.15, -0.1) is 21.5 Å². The summed E-state index contributed by atoms with van der Waals surface area (Å²) >= 11 is 2.64. The quantitative estimate of drug-likeness (QED) is 0.401. The Morgan fingerprint density at radius 2 is 2.10 bits per heavy atom. The molecule has 1 N–H and O–H groups in total. The fourth-order valence-electron chi connectivity index (χ4n) is 3.51. The lowest BCUT2D eigenvalue weighted by Crippen LogP contribution is -2.17. The van der Waals surface area contributed by atoms with E-state index < -0.39 is 0 Å². The summed E-state index contributed by atoms with van der Waals surface area (Å²) in [6.07, 6.45) is 2.78. The predicted molar refractivity (Wildman–Crippen MR) is 121 cm³/mol. The summed E-state index contributed by atoms with van der Waals surface area (Å²) < 4.78 is 10.9. The molecule has 162 valence electrons. The number of hydrogen-bond acceptors (Lipinski definition) is 8. The first kappa shape index (κ1) is 21.6. The minimum Gasteiger partial charge on any atom is -0.462 e. The molecular weight excluding hydrogens is 434 g/mol. The number of benzene rings is 1. The van der Waals surface area contributed by atoms with Crippen molar-refractivity contribution < 1.29 is 18.7 Å². The Balaban J connectivity index is 1.44. The molecule has 0 unspecified atom stereocenters. The van der Waals surface area contributed by atoms with Gasteiger partial charge in [0, 0.05) is 10.4 Å². The Morgan fingerprint density at radius 3 is 2.87 bits per heavy atom. The zero-order chi connectivity index (χ0) is 21.8. The van der Waals surface area contributed by atoms with Crippen molar-refractivity contribution >= 4 is 40.0 Å². The predicted octanol–water partition coefficient (Wildman–Crippen LogP) is 4.83. The van der Waals surface area contributed by atoms with Crippen LogP contribution in [0, 0.1) is 5.92 Å². The van der Waals surface area contributed by atoms with E-state index >= 15 is 0 Å². The number of aromatic nitrogens is 2. The number of esters is 1. The van der Waals surface area contributed by atoms with Crippen molar-refractivity contribution in [3.05, 3.63) is 46.3 Å². The summed E-state index contributed by atoms with van der Waals surface area (Å²) in [5, 5.41) is 11.8. The maximum atomic E-state index is 12.6. The fraction of sp³-hybridized carbons (Fsp3) is 0.364. The second kappa shape index (κ2) is 9.65. The molecule has 2 heterocycles. The number of hydrogen-bond donors (Lipinski definition) is 1. The second-order valence-electron chi connectivity index (χ2n) is 7.35. The van der Waals surface area contributed by atoms with Gasteiger partial charge in [-0.2, -0.15) is 0 Å². The summed E-state index contributed by atoms with van der Waals surface area (Å²) in [4.78, 5) is 26.3. The molecule has 1 atom stereocenters. The number of nitrogens with one attached hydrogen (secondary N) is 1. The molecule has 31 heavy (non-hydrogen) atoms. The SMILES string of the molecule is CCOC(=O)c1c(NC(=O)CSc2nnc(-c3ccccc3)o2)sc2c1CC[C@H](C)C2. The highest BCUT2D eigenvalue weighted by atomic mass is 32.2. The maximum Gasteiger partial charge on any atom is 0.341 e. The van der Waals surface area contributed by atoms with E-state index in [0.717, 1.165) is 47.0 Å². The van der Waals surface area contributed by atoms with Crippen LogP contribution in [0.5, 0.6) is 0 Å². The lowest BCUT2D eigenvalue weighted by molar-refractivity contribution is -0.113. The Labute approximate surface area is 188 Å². The number of anilines is 1. The Hall–Kier alpha value is -2.65. The van der Waals surface area contributed by atoms with Crippen LogP contribution in [0.2, 0.25) is 0 Å². The lowest BCUT2D eigenvalue weighted by atomic mass is 9.88. The van der Waals surface area contributed by atoms with Gasteiger partial charge in [0.1, 0.15) is 5.00 Å². The van der Waals surface area contributed by atoms with Crippen LogP contribution in [0.1, 0.15) is 41.1 Å². The molecule has 3 aromatic rings. The Kier molecular flexibility index (Phi) is 6.72. The van der Waals surface area contributed by atoms with Gasteiger partial charge in [0.05, 0.1) is 17.9 Å². The van der Waals surface area contributed by atoms with Crippen LogP contribution < -0.4 is 5.32 Å². The van der Waals surface area contributed by atoms with Gasteiger partial charge in [-0.05, 0) is 49.8 Å². The van der Waals surface area contributed by atoms with Gasteiger partial charge >= 0.3 is 5.97 Å². The molecule has 1 aromatic carbocycles. The summed E-state index contributed by atoms with van der Waals surface area (Å²) in [6.45, 7) is 4.28. The first-order valence-corrected chi connectivity index (χ1v) is 12.0. The minimum atomic E-state index is -0.373. The second-order valence-corrected chi connectivity index (χ2v) is 9.38. The van der Waals surface area contributed by atoms with E-state index in [1.54, 1.807) is 6.92 Å². The molecule has 0 radical (unpaired) electrons. The Bertz CT molecular complexity index is 1080. The molecule has 0 bridgehead atoms. The molecule has 1 amide bonds. The van der Waals surface area contributed by atoms with Crippen molar-refractivity contribution in [2.45, 2.75) is 38.3 Å². The minimum absolute atomic E-state index is 0.0949. The molecule has 7 nitrogen and oxygen atoms in total. The molecule has 2 aromatic heterocycles. The molecule has 0 aliphatic heterocycles. The van der Waals surface area contributed by atoms with Crippen LogP contribution >= 0.6 is 23.1 Å². The highest BCUT2D eigenvalue weighted by molar-refractivity contribution is 7.99. The average molecular weight is 458 g/mol. The van der Waals surface area contributed by atoms with Crippen LogP contribution in [0.15, 0.2) is 40.0 Å². The molecular formula is C22H23N3O4S2. The van der Waals surface area contributed by atoms with Gasteiger partial charge in [0.15, 0.2) is 0 Å². The summed E-state index contributed by atoms with van der Waals surface area (Å²) in [5.74, 6) is 0.464. The maximum absolute atomic E-state index is 12.6. The number of thiophene rings is 1. The van der Waals surface area contributed by atoms with Crippen LogP contribution in [0.4, 0.5) is 5.00 Å². The molecule has 1 aliphatic carbocycles. The van der Waals surface area contributed by atoms with E-state index in [0.29, 0.717) is 34.2 Å². The first-order valence-electron chi connectivity index (χ1n) is 10.2. The van der Waals surface area contributed by atoms with E-state index in [9.17, 15) is 9.59 Å². The highest BCUT2D eigenvalue weighted by Gasteiger charge is 2.29. The van der Waals surface area contributed by atoms with Gasteiger partial charge in [0.2, 0.25) is 11.8 Å². The van der Waals surface area contributed by atoms with Crippen LogP contribution in [-0.4, -0.2) is 34.4 Å². The van der Waals surface area contributed by atoms with E-state index in [-0.39, 0.29) is 17.6 Å². The van der Waals surface area contributed by atoms with Gasteiger partial charge in [-0.1, -0.05) is 36.9 Å². The largest absolute Gasteiger partial charge is 0.462 e. The van der Waals surface area contributed by atoms with E-state index in [1.165, 1.54) is 11.3 Å². The van der Waals surface area contributed by atoms with Gasteiger partial charge in [-0.3, -0.25) is 4.79 Å². The van der Waals surface area contributed by atoms with Gasteiger partial charge in [-0.25, -0.2) is 4.79 Å². The van der Waals surface area contributed by atoms with E-state index in [1.807, 2.05) is 30.3 Å². The topological polar surface area (TPSA) is 94.3 Å². The van der Waals surface area contributed by atoms with Crippen LogP contribution in [-0.2, 0) is 22.4 Å². The fourth-order valence-corrected chi connectivity index (χ4v) is 5.49. The first-order chi connectivity index (χ1) is 15.0. The van der Waals surface area contributed by atoms with Gasteiger partial charge in [0.25, 0.3) is 5.22 Å². The third kappa shape index (κ3) is 4.99. The molecule has 1 aliphatic rings. The Morgan fingerprint density at radius 1 is 1.29 bits per heavy atom. The molecule has 9 heteroatoms. The summed E-state index contributed by atoms with van der Waals surface area (Å²) in [7, 11) is 0.